The third-order valence-electron chi connectivity index (χ3n) is 3.03. The van der Waals surface area contributed by atoms with Gasteiger partial charge in [0, 0.05) is 17.1 Å². The maximum Gasteiger partial charge on any atom is 0.234 e. The van der Waals surface area contributed by atoms with Gasteiger partial charge in [0.15, 0.2) is 4.34 Å². The van der Waals surface area contributed by atoms with Gasteiger partial charge in [-0.1, -0.05) is 54.6 Å². The Bertz CT molecular complexity index is 764. The van der Waals surface area contributed by atoms with Crippen molar-refractivity contribution in [3.63, 3.8) is 0 Å². The van der Waals surface area contributed by atoms with E-state index in [0.717, 1.165) is 5.56 Å². The first-order valence-corrected chi connectivity index (χ1v) is 9.83. The third kappa shape index (κ3) is 6.64. The molecule has 1 aromatic heterocycles. The monoisotopic (exact) mass is 398 g/mol. The van der Waals surface area contributed by atoms with E-state index in [1.807, 2.05) is 26.8 Å². The van der Waals surface area contributed by atoms with Gasteiger partial charge in [-0.05, 0) is 30.5 Å². The second-order valence-electron chi connectivity index (χ2n) is 5.82. The van der Waals surface area contributed by atoms with E-state index >= 15 is 0 Å². The van der Waals surface area contributed by atoms with Gasteiger partial charge in [0.05, 0.1) is 5.75 Å². The number of aryl methyl sites for hydroxylation is 1. The summed E-state index contributed by atoms with van der Waals surface area (Å²) in [7, 11) is 0. The van der Waals surface area contributed by atoms with Crippen molar-refractivity contribution < 1.29 is 9.59 Å². The maximum atomic E-state index is 12.0. The van der Waals surface area contributed by atoms with Crippen molar-refractivity contribution in [2.45, 2.75) is 31.5 Å². The summed E-state index contributed by atoms with van der Waals surface area (Å²) in [5, 5.41) is 14.4. The summed E-state index contributed by atoms with van der Waals surface area (Å²) in [6.07, 6.45) is 0.434. The lowest BCUT2D eigenvalue weighted by molar-refractivity contribution is -0.117. The van der Waals surface area contributed by atoms with Gasteiger partial charge in [-0.3, -0.25) is 9.59 Å². The highest BCUT2D eigenvalue weighted by Crippen LogP contribution is 2.26. The molecule has 6 nitrogen and oxygen atoms in total. The van der Waals surface area contributed by atoms with Crippen LogP contribution < -0.4 is 10.6 Å². The second-order valence-corrected chi connectivity index (χ2v) is 8.43. The Morgan fingerprint density at radius 2 is 2.00 bits per heavy atom. The first-order valence-electron chi connectivity index (χ1n) is 7.65. The minimum Gasteiger partial charge on any atom is -0.325 e. The van der Waals surface area contributed by atoms with Gasteiger partial charge >= 0.3 is 0 Å². The molecule has 0 saturated carbocycles. The number of carbonyl (C=O) groups is 2. The van der Waals surface area contributed by atoms with Crippen LogP contribution in [0.4, 0.5) is 10.8 Å². The molecule has 2 amide bonds. The van der Waals surface area contributed by atoms with Crippen LogP contribution in [0.3, 0.4) is 0 Å². The first-order chi connectivity index (χ1) is 11.8. The number of nitrogens with zero attached hydrogens (tertiary/aromatic N) is 2. The number of hydrogen-bond acceptors (Lipinski definition) is 6. The van der Waals surface area contributed by atoms with Crippen LogP contribution in [0.15, 0.2) is 22.5 Å². The summed E-state index contributed by atoms with van der Waals surface area (Å²) in [5.41, 5.74) is 1.61. The molecular formula is C16H19ClN4O2S2. The summed E-state index contributed by atoms with van der Waals surface area (Å²) in [6.45, 7) is 5.85. The molecule has 2 rings (SSSR count). The molecule has 1 heterocycles. The third-order valence-corrected chi connectivity index (χ3v) is 5.41. The van der Waals surface area contributed by atoms with Crippen molar-refractivity contribution in [2.75, 3.05) is 16.4 Å². The van der Waals surface area contributed by atoms with Crippen LogP contribution in [0.25, 0.3) is 0 Å². The van der Waals surface area contributed by atoms with Crippen LogP contribution in [0.1, 0.15) is 25.8 Å². The topological polar surface area (TPSA) is 84.0 Å². The summed E-state index contributed by atoms with van der Waals surface area (Å²) in [5.74, 6) is 0.225. The Labute approximate surface area is 159 Å². The molecule has 1 aromatic carbocycles. The van der Waals surface area contributed by atoms with E-state index in [2.05, 4.69) is 20.8 Å². The van der Waals surface area contributed by atoms with E-state index in [1.165, 1.54) is 23.1 Å². The van der Waals surface area contributed by atoms with Crippen LogP contribution in [-0.2, 0) is 9.59 Å². The number of carbonyl (C=O) groups excluding carboxylic acids is 2. The van der Waals surface area contributed by atoms with E-state index in [1.54, 1.807) is 12.1 Å². The number of nitrogens with one attached hydrogen (secondary N) is 2. The molecule has 134 valence electrons. The predicted octanol–water partition coefficient (Wildman–Crippen LogP) is 4.22. The van der Waals surface area contributed by atoms with Crippen molar-refractivity contribution in [3.8, 4) is 0 Å². The van der Waals surface area contributed by atoms with Crippen molar-refractivity contribution >= 4 is 57.3 Å². The van der Waals surface area contributed by atoms with Gasteiger partial charge in [0.25, 0.3) is 0 Å². The van der Waals surface area contributed by atoms with Gasteiger partial charge in [0.2, 0.25) is 16.9 Å². The number of hydrogen-bond donors (Lipinski definition) is 2. The summed E-state index contributed by atoms with van der Waals surface area (Å²) in [6, 6.07) is 5.37. The second kappa shape index (κ2) is 9.17. The van der Waals surface area contributed by atoms with E-state index in [9.17, 15) is 9.59 Å². The Hall–Kier alpha value is -1.64. The van der Waals surface area contributed by atoms with Crippen LogP contribution in [0, 0.1) is 12.8 Å². The molecule has 9 heteroatoms. The molecule has 2 N–H and O–H groups in total. The van der Waals surface area contributed by atoms with Crippen LogP contribution in [-0.4, -0.2) is 27.8 Å². The minimum atomic E-state index is -0.162. The van der Waals surface area contributed by atoms with Crippen molar-refractivity contribution in [1.29, 1.82) is 0 Å². The minimum absolute atomic E-state index is 0.0864. The average molecular weight is 399 g/mol. The Morgan fingerprint density at radius 3 is 2.68 bits per heavy atom. The molecule has 0 unspecified atom stereocenters. The fourth-order valence-electron chi connectivity index (χ4n) is 1.85. The largest absolute Gasteiger partial charge is 0.325 e. The van der Waals surface area contributed by atoms with Crippen molar-refractivity contribution in [3.05, 3.63) is 28.8 Å². The maximum absolute atomic E-state index is 12.0. The molecule has 0 atom stereocenters. The highest BCUT2D eigenvalue weighted by atomic mass is 35.5. The number of anilines is 2. The molecule has 0 saturated heterocycles. The quantitative estimate of drug-likeness (QED) is 0.539. The van der Waals surface area contributed by atoms with E-state index in [4.69, 9.17) is 11.6 Å². The number of thioether (sulfide) groups is 1. The molecule has 25 heavy (non-hydrogen) atoms. The number of halogens is 1. The van der Waals surface area contributed by atoms with Gasteiger partial charge < -0.3 is 10.6 Å². The Kier molecular flexibility index (Phi) is 7.22. The lowest BCUT2D eigenvalue weighted by Gasteiger charge is -2.06. The molecular weight excluding hydrogens is 380 g/mol. The smallest absolute Gasteiger partial charge is 0.234 e. The lowest BCUT2D eigenvalue weighted by atomic mass is 10.1. The number of aromatic nitrogens is 2. The SMILES string of the molecule is Cc1ccc(NC(=O)CSc2nnc(NC(=O)CC(C)C)s2)cc1Cl. The molecule has 0 spiro atoms. The first kappa shape index (κ1) is 19.7. The fourth-order valence-corrected chi connectivity index (χ4v) is 3.60. The number of amides is 2. The molecule has 0 aliphatic rings. The Morgan fingerprint density at radius 1 is 1.24 bits per heavy atom. The van der Waals surface area contributed by atoms with Crippen LogP contribution >= 0.6 is 34.7 Å². The highest BCUT2D eigenvalue weighted by molar-refractivity contribution is 8.01. The van der Waals surface area contributed by atoms with E-state index in [0.29, 0.717) is 26.6 Å². The molecule has 0 radical (unpaired) electrons. The van der Waals surface area contributed by atoms with Crippen molar-refractivity contribution in [1.82, 2.24) is 10.2 Å². The number of rotatable bonds is 7. The molecule has 2 aromatic rings. The number of benzene rings is 1. The van der Waals surface area contributed by atoms with Gasteiger partial charge in [0.1, 0.15) is 0 Å². The van der Waals surface area contributed by atoms with Crippen molar-refractivity contribution in [2.24, 2.45) is 5.92 Å². The zero-order chi connectivity index (χ0) is 18.4. The predicted molar refractivity (Wildman–Crippen MR) is 104 cm³/mol. The van der Waals surface area contributed by atoms with Gasteiger partial charge in [-0.25, -0.2) is 0 Å². The zero-order valence-electron chi connectivity index (χ0n) is 14.1. The molecule has 0 aliphatic carbocycles. The zero-order valence-corrected chi connectivity index (χ0v) is 16.5. The van der Waals surface area contributed by atoms with E-state index < -0.39 is 0 Å². The summed E-state index contributed by atoms with van der Waals surface area (Å²) < 4.78 is 0.622. The van der Waals surface area contributed by atoms with Crippen LogP contribution in [0.2, 0.25) is 5.02 Å². The van der Waals surface area contributed by atoms with Gasteiger partial charge in [-0.15, -0.1) is 10.2 Å². The van der Waals surface area contributed by atoms with Gasteiger partial charge in [-0.2, -0.15) is 0 Å². The standard InChI is InChI=1S/C16H19ClN4O2S2/c1-9(2)6-13(22)19-15-20-21-16(25-15)24-8-14(23)18-11-5-4-10(3)12(17)7-11/h4-5,7,9H,6,8H2,1-3H3,(H,18,23)(H,19,20,22). The summed E-state index contributed by atoms with van der Waals surface area (Å²) in [4.78, 5) is 23.7. The lowest BCUT2D eigenvalue weighted by Crippen LogP contribution is -2.13. The van der Waals surface area contributed by atoms with E-state index in [-0.39, 0.29) is 23.5 Å². The molecule has 0 bridgehead atoms. The molecule has 0 fully saturated rings. The Balaban J connectivity index is 1.81. The van der Waals surface area contributed by atoms with Crippen LogP contribution in [0.5, 0.6) is 0 Å². The normalized spacial score (nSPS) is 10.8. The summed E-state index contributed by atoms with van der Waals surface area (Å²) >= 11 is 8.55. The average Bonchev–Trinajstić information content (AvgIpc) is 2.95. The fraction of sp³-hybridized carbons (Fsp3) is 0.375. The molecule has 0 aliphatic heterocycles. The highest BCUT2D eigenvalue weighted by Gasteiger charge is 2.12.